The number of benzene rings is 3. The van der Waals surface area contributed by atoms with Crippen molar-refractivity contribution in [2.45, 2.75) is 56.6 Å². The fraction of sp³-hybridized carbons (Fsp3) is 0.300. The molecule has 0 saturated heterocycles. The molecule has 0 saturated carbocycles. The van der Waals surface area contributed by atoms with Gasteiger partial charge in [-0.1, -0.05) is 60.7 Å². The van der Waals surface area contributed by atoms with Gasteiger partial charge in [-0.05, 0) is 74.6 Å². The average molecular weight is 538 g/mol. The van der Waals surface area contributed by atoms with E-state index < -0.39 is 16.1 Å². The summed E-state index contributed by atoms with van der Waals surface area (Å²) in [6.07, 6.45) is 4.59. The Kier molecular flexibility index (Phi) is 10.9. The number of aryl methyl sites for hydroxylation is 1. The first-order valence-electron chi connectivity index (χ1n) is 12.7. The van der Waals surface area contributed by atoms with Crippen molar-refractivity contribution in [1.29, 1.82) is 0 Å². The van der Waals surface area contributed by atoms with Crippen molar-refractivity contribution in [3.63, 3.8) is 0 Å². The summed E-state index contributed by atoms with van der Waals surface area (Å²) in [4.78, 5) is 12.0. The Hall–Kier alpha value is -3.62. The van der Waals surface area contributed by atoms with Crippen LogP contribution in [-0.4, -0.2) is 38.3 Å². The highest BCUT2D eigenvalue weighted by Gasteiger charge is 2.13. The maximum Gasteiger partial charge on any atom is 0.306 e. The molecule has 7 nitrogen and oxygen atoms in total. The summed E-state index contributed by atoms with van der Waals surface area (Å²) in [6, 6.07) is 22.8. The Morgan fingerprint density at radius 3 is 2.50 bits per heavy atom. The van der Waals surface area contributed by atoms with Crippen LogP contribution in [0.2, 0.25) is 0 Å². The maximum atomic E-state index is 12.6. The topological polar surface area (TPSA) is 102 Å². The summed E-state index contributed by atoms with van der Waals surface area (Å²) in [5, 5.41) is 10.4. The first-order valence-corrected chi connectivity index (χ1v) is 14.2. The zero-order chi connectivity index (χ0) is 27.4. The molecule has 3 rings (SSSR count). The van der Waals surface area contributed by atoms with Crippen LogP contribution in [0.25, 0.3) is 6.08 Å². The third-order valence-electron chi connectivity index (χ3n) is 5.54. The smallest absolute Gasteiger partial charge is 0.306 e. The summed E-state index contributed by atoms with van der Waals surface area (Å²) < 4.78 is 38.8. The monoisotopic (exact) mass is 537 g/mol. The first kappa shape index (κ1) is 28.9. The number of nitrogens with one attached hydrogen (secondary N) is 1. The number of hydrogen-bond donors (Lipinski definition) is 2. The number of carbonyl (C=O) groups is 1. The zero-order valence-electron chi connectivity index (χ0n) is 21.7. The Labute approximate surface area is 225 Å². The minimum Gasteiger partial charge on any atom is -0.493 e. The van der Waals surface area contributed by atoms with E-state index in [1.54, 1.807) is 48.6 Å². The van der Waals surface area contributed by atoms with Crippen molar-refractivity contribution in [1.82, 2.24) is 0 Å². The lowest BCUT2D eigenvalue weighted by Crippen LogP contribution is -2.12. The number of anilines is 1. The second-order valence-corrected chi connectivity index (χ2v) is 10.8. The fourth-order valence-corrected chi connectivity index (χ4v) is 4.79. The van der Waals surface area contributed by atoms with Crippen LogP contribution in [0.4, 0.5) is 5.69 Å². The minimum absolute atomic E-state index is 0.133. The molecular formula is C30H35NO6S. The van der Waals surface area contributed by atoms with Gasteiger partial charge in [-0.3, -0.25) is 9.52 Å². The van der Waals surface area contributed by atoms with E-state index in [0.717, 1.165) is 16.9 Å². The highest BCUT2D eigenvalue weighted by atomic mass is 32.2. The van der Waals surface area contributed by atoms with E-state index in [0.29, 0.717) is 31.6 Å². The average Bonchev–Trinajstić information content (AvgIpc) is 2.89. The zero-order valence-corrected chi connectivity index (χ0v) is 22.6. The largest absolute Gasteiger partial charge is 0.493 e. The van der Waals surface area contributed by atoms with Crippen molar-refractivity contribution in [3.8, 4) is 5.75 Å². The van der Waals surface area contributed by atoms with Crippen LogP contribution in [0, 0.1) is 0 Å². The Morgan fingerprint density at radius 2 is 1.74 bits per heavy atom. The maximum absolute atomic E-state index is 12.6. The molecule has 0 aliphatic carbocycles. The third kappa shape index (κ3) is 9.68. The van der Waals surface area contributed by atoms with Crippen molar-refractivity contribution >= 4 is 27.8 Å². The molecule has 202 valence electrons. The molecule has 0 unspecified atom stereocenters. The molecule has 0 heterocycles. The summed E-state index contributed by atoms with van der Waals surface area (Å²) in [5.74, 6) is 0.494. The first-order chi connectivity index (χ1) is 18.2. The molecule has 0 amide bonds. The number of ether oxygens (including phenoxy) is 2. The third-order valence-corrected chi connectivity index (χ3v) is 6.94. The van der Waals surface area contributed by atoms with Crippen LogP contribution in [0.5, 0.6) is 5.75 Å². The van der Waals surface area contributed by atoms with Crippen LogP contribution < -0.4 is 9.46 Å². The number of para-hydroxylation sites is 1. The summed E-state index contributed by atoms with van der Waals surface area (Å²) in [6.45, 7) is 4.08. The van der Waals surface area contributed by atoms with Crippen molar-refractivity contribution < 1.29 is 27.8 Å². The van der Waals surface area contributed by atoms with Gasteiger partial charge in [0, 0.05) is 12.1 Å². The Bertz CT molecular complexity index is 1310. The van der Waals surface area contributed by atoms with E-state index in [4.69, 9.17) is 9.47 Å². The van der Waals surface area contributed by atoms with Gasteiger partial charge >= 0.3 is 5.97 Å². The second-order valence-electron chi connectivity index (χ2n) is 9.11. The number of esters is 1. The van der Waals surface area contributed by atoms with Crippen LogP contribution in [0.15, 0.2) is 89.8 Å². The Morgan fingerprint density at radius 1 is 1.00 bits per heavy atom. The van der Waals surface area contributed by atoms with Gasteiger partial charge in [-0.25, -0.2) is 8.42 Å². The molecule has 0 bridgehead atoms. The fourth-order valence-electron chi connectivity index (χ4n) is 3.72. The van der Waals surface area contributed by atoms with E-state index in [9.17, 15) is 18.3 Å². The standard InChI is InChI=1S/C30H35NO6S/c1-23(2)37-30(33)20-18-25-11-6-7-16-29(25)36-21-9-13-27(32)19-17-24-10-8-12-26(22-24)31-38(34,35)28-14-4-3-5-15-28/h3-8,10-12,14-17,19,22-23,27,31-32H,9,13,18,20-21H2,1-2H3/b19-17+/t27-/m0/s1. The lowest BCUT2D eigenvalue weighted by molar-refractivity contribution is -0.147. The molecule has 3 aromatic rings. The van der Waals surface area contributed by atoms with Gasteiger partial charge in [0.05, 0.1) is 23.7 Å². The molecule has 38 heavy (non-hydrogen) atoms. The lowest BCUT2D eigenvalue weighted by Gasteiger charge is -2.13. The van der Waals surface area contributed by atoms with Crippen molar-refractivity contribution in [2.24, 2.45) is 0 Å². The number of sulfonamides is 1. The van der Waals surface area contributed by atoms with Gasteiger partial charge in [0.25, 0.3) is 10.0 Å². The molecule has 0 spiro atoms. The molecule has 8 heteroatoms. The van der Waals surface area contributed by atoms with E-state index in [2.05, 4.69) is 4.72 Å². The van der Waals surface area contributed by atoms with Gasteiger partial charge in [0.1, 0.15) is 5.75 Å². The van der Waals surface area contributed by atoms with Gasteiger partial charge in [-0.15, -0.1) is 0 Å². The number of hydrogen-bond acceptors (Lipinski definition) is 6. The van der Waals surface area contributed by atoms with Gasteiger partial charge in [0.15, 0.2) is 0 Å². The Balaban J connectivity index is 1.46. The van der Waals surface area contributed by atoms with Gasteiger partial charge in [0.2, 0.25) is 0 Å². The summed E-state index contributed by atoms with van der Waals surface area (Å²) in [7, 11) is -3.68. The van der Waals surface area contributed by atoms with Crippen LogP contribution in [-0.2, 0) is 26.0 Å². The van der Waals surface area contributed by atoms with E-state index >= 15 is 0 Å². The molecule has 0 radical (unpaired) electrons. The molecule has 0 aromatic heterocycles. The predicted octanol–water partition coefficient (Wildman–Crippen LogP) is 5.60. The van der Waals surface area contributed by atoms with Crippen molar-refractivity contribution in [2.75, 3.05) is 11.3 Å². The normalized spacial score (nSPS) is 12.4. The molecule has 0 aliphatic rings. The van der Waals surface area contributed by atoms with Gasteiger partial charge < -0.3 is 14.6 Å². The molecule has 1 atom stereocenters. The molecule has 0 fully saturated rings. The SMILES string of the molecule is CC(C)OC(=O)CCc1ccccc1OCCC[C@H](O)/C=C/c1cccc(NS(=O)(=O)c2ccccc2)c1. The summed E-state index contributed by atoms with van der Waals surface area (Å²) >= 11 is 0. The van der Waals surface area contributed by atoms with E-state index in [1.165, 1.54) is 12.1 Å². The number of aliphatic hydroxyl groups is 1. The summed E-state index contributed by atoms with van der Waals surface area (Å²) in [5.41, 5.74) is 2.14. The minimum atomic E-state index is -3.68. The van der Waals surface area contributed by atoms with Gasteiger partial charge in [-0.2, -0.15) is 0 Å². The highest BCUT2D eigenvalue weighted by Crippen LogP contribution is 2.21. The number of aliphatic hydroxyl groups excluding tert-OH is 1. The van der Waals surface area contributed by atoms with Crippen LogP contribution in [0.3, 0.4) is 0 Å². The van der Waals surface area contributed by atoms with Crippen LogP contribution in [0.1, 0.15) is 44.2 Å². The molecule has 2 N–H and O–H groups in total. The second kappa shape index (κ2) is 14.4. The predicted molar refractivity (Wildman–Crippen MR) is 149 cm³/mol. The molecule has 0 aliphatic heterocycles. The highest BCUT2D eigenvalue weighted by molar-refractivity contribution is 7.92. The quantitative estimate of drug-likeness (QED) is 0.205. The van der Waals surface area contributed by atoms with Crippen molar-refractivity contribution in [3.05, 3.63) is 96.1 Å². The lowest BCUT2D eigenvalue weighted by atomic mass is 10.1. The number of rotatable bonds is 14. The molecule has 3 aromatic carbocycles. The van der Waals surface area contributed by atoms with Crippen LogP contribution >= 0.6 is 0 Å². The van der Waals surface area contributed by atoms with E-state index in [-0.39, 0.29) is 23.4 Å². The van der Waals surface area contributed by atoms with E-state index in [1.807, 2.05) is 44.2 Å². The molecular weight excluding hydrogens is 502 g/mol. The number of carbonyl (C=O) groups excluding carboxylic acids is 1.